The van der Waals surface area contributed by atoms with Crippen LogP contribution in [-0.2, 0) is 9.53 Å². The average molecular weight is 515 g/mol. The summed E-state index contributed by atoms with van der Waals surface area (Å²) in [6.07, 6.45) is 0. The Morgan fingerprint density at radius 3 is 2.47 bits per heavy atom. The highest BCUT2D eigenvalue weighted by Crippen LogP contribution is 2.25. The van der Waals surface area contributed by atoms with Crippen molar-refractivity contribution in [3.8, 4) is 0 Å². The molecule has 1 aliphatic heterocycles. The summed E-state index contributed by atoms with van der Waals surface area (Å²) < 4.78 is 6.09. The lowest BCUT2D eigenvalue weighted by Gasteiger charge is -2.27. The van der Waals surface area contributed by atoms with Gasteiger partial charge in [-0.2, -0.15) is 0 Å². The average Bonchev–Trinajstić information content (AvgIpc) is 3.14. The first-order valence-corrected chi connectivity index (χ1v) is 11.2. The van der Waals surface area contributed by atoms with Crippen molar-refractivity contribution in [2.24, 2.45) is 0 Å². The van der Waals surface area contributed by atoms with Gasteiger partial charge in [0.1, 0.15) is 5.54 Å². The predicted octanol–water partition coefficient (Wildman–Crippen LogP) is 3.78. The van der Waals surface area contributed by atoms with Gasteiger partial charge >= 0.3 is 0 Å². The van der Waals surface area contributed by atoms with Crippen molar-refractivity contribution in [1.29, 1.82) is 0 Å². The third-order valence-electron chi connectivity index (χ3n) is 4.55. The van der Waals surface area contributed by atoms with E-state index in [0.29, 0.717) is 42.4 Å². The molecule has 0 aliphatic carbocycles. The quantitative estimate of drug-likeness (QED) is 0.636. The fourth-order valence-electron chi connectivity index (χ4n) is 2.83. The van der Waals surface area contributed by atoms with Gasteiger partial charge in [0.25, 0.3) is 11.8 Å². The van der Waals surface area contributed by atoms with E-state index in [2.05, 4.69) is 26.6 Å². The zero-order valence-electron chi connectivity index (χ0n) is 16.5. The van der Waals surface area contributed by atoms with Gasteiger partial charge in [-0.25, -0.2) is 0 Å². The summed E-state index contributed by atoms with van der Waals surface area (Å²) in [4.78, 5) is 39.9. The molecular formula is C20H21BrClN3O4S. The third-order valence-corrected chi connectivity index (χ3v) is 6.48. The highest BCUT2D eigenvalue weighted by atomic mass is 79.9. The topological polar surface area (TPSA) is 87.7 Å². The Bertz CT molecular complexity index is 973. The van der Waals surface area contributed by atoms with Gasteiger partial charge in [-0.05, 0) is 60.1 Å². The highest BCUT2D eigenvalue weighted by molar-refractivity contribution is 9.11. The number of hydrogen-bond donors (Lipinski definition) is 2. The molecule has 3 amide bonds. The molecule has 7 nitrogen and oxygen atoms in total. The molecule has 1 aromatic carbocycles. The minimum atomic E-state index is -1.16. The normalized spacial score (nSPS) is 14.3. The molecule has 160 valence electrons. The maximum Gasteiger partial charge on any atom is 0.262 e. The first kappa shape index (κ1) is 22.7. The van der Waals surface area contributed by atoms with Crippen molar-refractivity contribution in [2.45, 2.75) is 19.4 Å². The molecule has 0 bridgehead atoms. The van der Waals surface area contributed by atoms with Crippen molar-refractivity contribution < 1.29 is 19.1 Å². The molecule has 1 aliphatic rings. The Balaban J connectivity index is 1.66. The maximum atomic E-state index is 12.7. The van der Waals surface area contributed by atoms with Gasteiger partial charge in [-0.1, -0.05) is 11.6 Å². The number of benzene rings is 1. The van der Waals surface area contributed by atoms with Gasteiger partial charge in [-0.15, -0.1) is 11.3 Å². The zero-order valence-corrected chi connectivity index (χ0v) is 19.6. The molecule has 0 saturated carbocycles. The fourth-order valence-corrected chi connectivity index (χ4v) is 4.37. The lowest BCUT2D eigenvalue weighted by Crippen LogP contribution is -2.52. The highest BCUT2D eigenvalue weighted by Gasteiger charge is 2.30. The Kier molecular flexibility index (Phi) is 7.18. The van der Waals surface area contributed by atoms with Gasteiger partial charge in [0.2, 0.25) is 5.91 Å². The molecule has 3 rings (SSSR count). The smallest absolute Gasteiger partial charge is 0.262 e. The number of carbonyl (C=O) groups is 3. The maximum absolute atomic E-state index is 12.7. The van der Waals surface area contributed by atoms with E-state index in [1.165, 1.54) is 17.4 Å². The number of nitrogens with zero attached hydrogens (tertiary/aromatic N) is 1. The van der Waals surface area contributed by atoms with Crippen LogP contribution in [0.25, 0.3) is 0 Å². The van der Waals surface area contributed by atoms with E-state index < -0.39 is 11.4 Å². The number of rotatable bonds is 5. The van der Waals surface area contributed by atoms with Gasteiger partial charge < -0.3 is 20.3 Å². The molecular weight excluding hydrogens is 494 g/mol. The van der Waals surface area contributed by atoms with E-state index in [9.17, 15) is 14.4 Å². The van der Waals surface area contributed by atoms with Crippen LogP contribution in [0.2, 0.25) is 5.02 Å². The number of carbonyl (C=O) groups excluding carboxylic acids is 3. The molecule has 1 saturated heterocycles. The minimum Gasteiger partial charge on any atom is -0.378 e. The van der Waals surface area contributed by atoms with Crippen molar-refractivity contribution in [1.82, 2.24) is 10.2 Å². The number of halogens is 2. The van der Waals surface area contributed by atoms with Crippen LogP contribution in [0.1, 0.15) is 33.9 Å². The summed E-state index contributed by atoms with van der Waals surface area (Å²) in [6.45, 7) is 5.26. The molecule has 10 heteroatoms. The Morgan fingerprint density at radius 2 is 1.87 bits per heavy atom. The van der Waals surface area contributed by atoms with Crippen molar-refractivity contribution in [2.75, 3.05) is 31.6 Å². The van der Waals surface area contributed by atoms with Gasteiger partial charge in [0.05, 0.1) is 32.5 Å². The molecule has 2 N–H and O–H groups in total. The van der Waals surface area contributed by atoms with Crippen LogP contribution in [0.5, 0.6) is 0 Å². The van der Waals surface area contributed by atoms with Crippen molar-refractivity contribution in [3.05, 3.63) is 49.6 Å². The number of thiophene rings is 1. The monoisotopic (exact) mass is 513 g/mol. The molecule has 2 aromatic rings. The molecule has 0 atom stereocenters. The van der Waals surface area contributed by atoms with Crippen LogP contribution in [0.15, 0.2) is 34.1 Å². The summed E-state index contributed by atoms with van der Waals surface area (Å²) in [5, 5.41) is 5.71. The molecule has 2 heterocycles. The molecule has 30 heavy (non-hydrogen) atoms. The molecule has 1 fully saturated rings. The molecule has 0 radical (unpaired) electrons. The lowest BCUT2D eigenvalue weighted by molar-refractivity contribution is -0.120. The van der Waals surface area contributed by atoms with Crippen molar-refractivity contribution in [3.63, 3.8) is 0 Å². The van der Waals surface area contributed by atoms with Crippen LogP contribution in [-0.4, -0.2) is 54.5 Å². The Morgan fingerprint density at radius 1 is 1.17 bits per heavy atom. The van der Waals surface area contributed by atoms with Crippen LogP contribution in [0, 0.1) is 0 Å². The predicted molar refractivity (Wildman–Crippen MR) is 120 cm³/mol. The van der Waals surface area contributed by atoms with E-state index in [1.54, 1.807) is 43.0 Å². The largest absolute Gasteiger partial charge is 0.378 e. The summed E-state index contributed by atoms with van der Waals surface area (Å²) in [7, 11) is 0. The van der Waals surface area contributed by atoms with Crippen LogP contribution in [0.4, 0.5) is 5.69 Å². The number of anilines is 1. The van der Waals surface area contributed by atoms with Crippen LogP contribution in [0.3, 0.4) is 0 Å². The van der Waals surface area contributed by atoms with Gasteiger partial charge in [-0.3, -0.25) is 14.4 Å². The number of nitrogens with one attached hydrogen (secondary N) is 2. The number of morpholine rings is 1. The summed E-state index contributed by atoms with van der Waals surface area (Å²) >= 11 is 10.9. The van der Waals surface area contributed by atoms with Crippen molar-refractivity contribution >= 4 is 62.3 Å². The second-order valence-electron chi connectivity index (χ2n) is 7.24. The van der Waals surface area contributed by atoms with E-state index >= 15 is 0 Å². The third kappa shape index (κ3) is 5.40. The molecule has 0 unspecified atom stereocenters. The van der Waals surface area contributed by atoms with E-state index in [1.807, 2.05) is 0 Å². The van der Waals surface area contributed by atoms with Gasteiger partial charge in [0, 0.05) is 18.8 Å². The number of ether oxygens (including phenoxy) is 1. The molecule has 0 spiro atoms. The summed E-state index contributed by atoms with van der Waals surface area (Å²) in [5.74, 6) is -0.916. The zero-order chi connectivity index (χ0) is 21.9. The van der Waals surface area contributed by atoms with Gasteiger partial charge in [0.15, 0.2) is 0 Å². The second kappa shape index (κ2) is 9.47. The second-order valence-corrected chi connectivity index (χ2v) is 10.1. The lowest BCUT2D eigenvalue weighted by atomic mass is 10.0. The summed E-state index contributed by atoms with van der Waals surface area (Å²) in [5.41, 5.74) is -0.361. The standard InChI is InChI=1S/C20H21BrClN3O4S/c1-20(2,24-17(26)15-5-6-16(21)30-15)19(28)23-12-3-4-13(14(22)11-12)18(27)25-7-9-29-10-8-25/h3-6,11H,7-10H2,1-2H3,(H,23,28)(H,24,26). The SMILES string of the molecule is CC(C)(NC(=O)c1ccc(Br)s1)C(=O)Nc1ccc(C(=O)N2CCOCC2)c(Cl)c1. The minimum absolute atomic E-state index is 0.170. The first-order chi connectivity index (χ1) is 14.2. The fraction of sp³-hybridized carbons (Fsp3) is 0.350. The van der Waals surface area contributed by atoms with E-state index in [4.69, 9.17) is 16.3 Å². The van der Waals surface area contributed by atoms with Crippen LogP contribution < -0.4 is 10.6 Å². The Hall–Kier alpha value is -1.94. The molecule has 1 aromatic heterocycles. The Labute approximate surface area is 191 Å². The summed E-state index contributed by atoms with van der Waals surface area (Å²) in [6, 6.07) is 8.19. The first-order valence-electron chi connectivity index (χ1n) is 9.23. The number of amides is 3. The number of hydrogen-bond acceptors (Lipinski definition) is 5. The van der Waals surface area contributed by atoms with Crippen LogP contribution >= 0.6 is 38.9 Å². The van der Waals surface area contributed by atoms with E-state index in [-0.39, 0.29) is 16.8 Å². The van der Waals surface area contributed by atoms with E-state index in [0.717, 1.165) is 3.79 Å².